The monoisotopic (exact) mass is 404 g/mol. The number of benzene rings is 2. The average Bonchev–Trinajstić information content (AvgIpc) is 3.60. The van der Waals surface area contributed by atoms with E-state index in [0.717, 1.165) is 37.0 Å². The Kier molecular flexibility index (Phi) is 4.87. The number of nitrogens with zero attached hydrogens (tertiary/aromatic N) is 2. The summed E-state index contributed by atoms with van der Waals surface area (Å²) in [5.41, 5.74) is 9.89. The van der Waals surface area contributed by atoms with E-state index in [1.807, 2.05) is 12.3 Å². The van der Waals surface area contributed by atoms with E-state index in [-0.39, 0.29) is 12.2 Å². The van der Waals surface area contributed by atoms with Crippen LogP contribution in [-0.2, 0) is 6.42 Å². The van der Waals surface area contributed by atoms with Crippen molar-refractivity contribution in [3.05, 3.63) is 65.2 Å². The minimum atomic E-state index is -0.402. The van der Waals surface area contributed by atoms with Gasteiger partial charge in [-0.1, -0.05) is 12.1 Å². The highest BCUT2D eigenvalue weighted by atomic mass is 19.1. The third-order valence-electron chi connectivity index (χ3n) is 6.11. The molecule has 1 saturated heterocycles. The number of carbonyl (C=O) groups is 1. The number of nitrogens with one attached hydrogen (secondary N) is 1. The van der Waals surface area contributed by atoms with Crippen molar-refractivity contribution in [3.8, 4) is 0 Å². The number of carbonyl (C=O) groups excluding carboxylic acids is 1. The predicted molar refractivity (Wildman–Crippen MR) is 118 cm³/mol. The number of pyridine rings is 1. The lowest BCUT2D eigenvalue weighted by atomic mass is 9.97. The van der Waals surface area contributed by atoms with Crippen LogP contribution >= 0.6 is 0 Å². The van der Waals surface area contributed by atoms with E-state index in [0.29, 0.717) is 22.9 Å². The van der Waals surface area contributed by atoms with Crippen LogP contribution in [0.3, 0.4) is 0 Å². The number of ketones is 1. The molecule has 3 N–H and O–H groups in total. The van der Waals surface area contributed by atoms with E-state index < -0.39 is 5.82 Å². The number of halogens is 1. The van der Waals surface area contributed by atoms with Gasteiger partial charge in [0.25, 0.3) is 0 Å². The first-order valence-electron chi connectivity index (χ1n) is 10.6. The molecule has 0 atom stereocenters. The summed E-state index contributed by atoms with van der Waals surface area (Å²) < 4.78 is 13.3. The molecule has 6 heteroatoms. The van der Waals surface area contributed by atoms with E-state index >= 15 is 0 Å². The van der Waals surface area contributed by atoms with Crippen LogP contribution in [0.2, 0.25) is 0 Å². The zero-order chi connectivity index (χ0) is 20.7. The van der Waals surface area contributed by atoms with Crippen LogP contribution in [0.1, 0.15) is 40.4 Å². The van der Waals surface area contributed by atoms with E-state index in [2.05, 4.69) is 27.3 Å². The molecular weight excluding hydrogens is 379 g/mol. The van der Waals surface area contributed by atoms with Gasteiger partial charge in [-0.15, -0.1) is 0 Å². The molecule has 0 unspecified atom stereocenters. The van der Waals surface area contributed by atoms with Gasteiger partial charge in [0, 0.05) is 55.6 Å². The normalized spacial score (nSPS) is 16.8. The van der Waals surface area contributed by atoms with Gasteiger partial charge in [0.15, 0.2) is 5.78 Å². The summed E-state index contributed by atoms with van der Waals surface area (Å²) in [6.45, 7) is 4.02. The fourth-order valence-electron chi connectivity index (χ4n) is 4.36. The molecule has 2 heterocycles. The maximum absolute atomic E-state index is 13.3. The van der Waals surface area contributed by atoms with Crippen molar-refractivity contribution in [2.75, 3.05) is 36.8 Å². The van der Waals surface area contributed by atoms with Crippen molar-refractivity contribution in [2.24, 2.45) is 0 Å². The summed E-state index contributed by atoms with van der Waals surface area (Å²) in [5.74, 6) is 0.0655. The van der Waals surface area contributed by atoms with Gasteiger partial charge in [-0.2, -0.15) is 0 Å². The number of Topliss-reactive ketones (excluding diaryl/α,β-unsaturated/α-hetero) is 1. The molecule has 1 aliphatic carbocycles. The van der Waals surface area contributed by atoms with E-state index in [9.17, 15) is 9.18 Å². The molecule has 2 aliphatic rings. The quantitative estimate of drug-likeness (QED) is 0.502. The molecule has 5 rings (SSSR count). The first-order valence-corrected chi connectivity index (χ1v) is 10.6. The highest BCUT2D eigenvalue weighted by Crippen LogP contribution is 2.47. The fourth-order valence-corrected chi connectivity index (χ4v) is 4.36. The Morgan fingerprint density at radius 2 is 1.97 bits per heavy atom. The molecule has 30 heavy (non-hydrogen) atoms. The maximum Gasteiger partial charge on any atom is 0.185 e. The smallest absolute Gasteiger partial charge is 0.185 e. The second kappa shape index (κ2) is 7.69. The van der Waals surface area contributed by atoms with Crippen molar-refractivity contribution >= 4 is 27.9 Å². The second-order valence-corrected chi connectivity index (χ2v) is 8.24. The largest absolute Gasteiger partial charge is 0.398 e. The first-order chi connectivity index (χ1) is 14.6. The third-order valence-corrected chi connectivity index (χ3v) is 6.11. The van der Waals surface area contributed by atoms with E-state index in [1.54, 1.807) is 6.07 Å². The number of aromatic nitrogens is 1. The molecule has 1 aromatic heterocycles. The molecule has 5 nitrogen and oxygen atoms in total. The molecule has 3 aromatic rings. The lowest BCUT2D eigenvalue weighted by molar-refractivity contribution is 0.0988. The van der Waals surface area contributed by atoms with Crippen molar-refractivity contribution in [1.82, 2.24) is 10.3 Å². The Labute approximate surface area is 175 Å². The van der Waals surface area contributed by atoms with Gasteiger partial charge in [-0.3, -0.25) is 9.78 Å². The highest BCUT2D eigenvalue weighted by molar-refractivity contribution is 6.01. The van der Waals surface area contributed by atoms with Crippen molar-refractivity contribution < 1.29 is 9.18 Å². The third kappa shape index (κ3) is 3.63. The average molecular weight is 404 g/mol. The number of rotatable bonds is 5. The second-order valence-electron chi connectivity index (χ2n) is 8.24. The summed E-state index contributed by atoms with van der Waals surface area (Å²) in [5, 5.41) is 5.60. The van der Waals surface area contributed by atoms with E-state index in [4.69, 9.17) is 5.73 Å². The van der Waals surface area contributed by atoms with Crippen LogP contribution in [-0.4, -0.2) is 36.9 Å². The number of hydrogen-bond acceptors (Lipinski definition) is 5. The minimum absolute atomic E-state index is 0.110. The van der Waals surface area contributed by atoms with Crippen LogP contribution < -0.4 is 16.0 Å². The van der Waals surface area contributed by atoms with Crippen molar-refractivity contribution in [3.63, 3.8) is 0 Å². The summed E-state index contributed by atoms with van der Waals surface area (Å²) in [4.78, 5) is 19.8. The molecule has 0 amide bonds. The maximum atomic E-state index is 13.3. The van der Waals surface area contributed by atoms with Crippen LogP contribution in [0.5, 0.6) is 0 Å². The van der Waals surface area contributed by atoms with Crippen molar-refractivity contribution in [2.45, 2.75) is 25.2 Å². The molecule has 154 valence electrons. The zero-order valence-electron chi connectivity index (χ0n) is 16.8. The lowest BCUT2D eigenvalue weighted by Gasteiger charge is -2.31. The summed E-state index contributed by atoms with van der Waals surface area (Å²) >= 11 is 0. The SMILES string of the molecule is Nc1cc(F)ccc1CC(=O)c1cc2ccc(N3CCNCC3)c(C3CC3)c2cn1. The Morgan fingerprint density at radius 3 is 2.70 bits per heavy atom. The van der Waals surface area contributed by atoms with Crippen molar-refractivity contribution in [1.29, 1.82) is 0 Å². The molecule has 1 saturated carbocycles. The zero-order valence-corrected chi connectivity index (χ0v) is 16.8. The molecular formula is C24H25FN4O. The molecule has 0 radical (unpaired) electrons. The standard InChI is InChI=1S/C24H25FN4O/c25-18-5-3-17(20(26)13-18)12-23(30)21-11-16-4-6-22(29-9-7-27-8-10-29)24(15-1-2-15)19(16)14-28-21/h3-6,11,13-15,27H,1-2,7-10,12,26H2. The van der Waals surface area contributed by atoms with Crippen LogP contribution in [0.25, 0.3) is 10.8 Å². The molecule has 0 bridgehead atoms. The van der Waals surface area contributed by atoms with Gasteiger partial charge in [-0.05, 0) is 59.5 Å². The summed E-state index contributed by atoms with van der Waals surface area (Å²) in [6.07, 6.45) is 4.39. The van der Waals surface area contributed by atoms with Gasteiger partial charge in [0.1, 0.15) is 11.5 Å². The van der Waals surface area contributed by atoms with E-state index in [1.165, 1.54) is 36.2 Å². The number of nitrogens with two attached hydrogens (primary N) is 1. The van der Waals surface area contributed by atoms with Gasteiger partial charge in [0.05, 0.1) is 0 Å². The molecule has 1 aliphatic heterocycles. The van der Waals surface area contributed by atoms with Crippen LogP contribution in [0.4, 0.5) is 15.8 Å². The number of nitrogen functional groups attached to an aromatic ring is 1. The lowest BCUT2D eigenvalue weighted by Crippen LogP contribution is -2.43. The van der Waals surface area contributed by atoms with Gasteiger partial charge < -0.3 is 16.0 Å². The number of hydrogen-bond donors (Lipinski definition) is 2. The Hall–Kier alpha value is -2.99. The Bertz CT molecular complexity index is 1120. The number of fused-ring (bicyclic) bond motifs is 1. The molecule has 2 fully saturated rings. The Balaban J connectivity index is 1.47. The summed E-state index contributed by atoms with van der Waals surface area (Å²) in [7, 11) is 0. The van der Waals surface area contributed by atoms with Gasteiger partial charge >= 0.3 is 0 Å². The highest BCUT2D eigenvalue weighted by Gasteiger charge is 2.30. The van der Waals surface area contributed by atoms with Gasteiger partial charge in [0.2, 0.25) is 0 Å². The minimum Gasteiger partial charge on any atom is -0.398 e. The fraction of sp³-hybridized carbons (Fsp3) is 0.333. The van der Waals surface area contributed by atoms with Crippen LogP contribution in [0.15, 0.2) is 42.6 Å². The molecule has 2 aromatic carbocycles. The predicted octanol–water partition coefficient (Wildman–Crippen LogP) is 3.67. The topological polar surface area (TPSA) is 71.2 Å². The Morgan fingerprint density at radius 1 is 1.17 bits per heavy atom. The molecule has 0 spiro atoms. The van der Waals surface area contributed by atoms with Crippen LogP contribution in [0, 0.1) is 5.82 Å². The first kappa shape index (κ1) is 19.0. The van der Waals surface area contributed by atoms with Gasteiger partial charge in [-0.25, -0.2) is 4.39 Å². The summed E-state index contributed by atoms with van der Waals surface area (Å²) in [6, 6.07) is 10.3. The number of piperazine rings is 1. The number of anilines is 2.